The van der Waals surface area contributed by atoms with Crippen molar-refractivity contribution in [2.45, 2.75) is 6.92 Å². The number of methoxy groups -OCH3 is 2. The molecular weight excluding hydrogens is 354 g/mol. The maximum atomic E-state index is 12.3. The van der Waals surface area contributed by atoms with Gasteiger partial charge in [-0.25, -0.2) is 4.98 Å². The van der Waals surface area contributed by atoms with Gasteiger partial charge in [0.25, 0.3) is 0 Å². The highest BCUT2D eigenvalue weighted by Gasteiger charge is 2.11. The minimum atomic E-state index is -0.290. The first-order valence-electron chi connectivity index (χ1n) is 7.87. The van der Waals surface area contributed by atoms with Crippen molar-refractivity contribution in [1.82, 2.24) is 9.38 Å². The second-order valence-corrected chi connectivity index (χ2v) is 5.92. The van der Waals surface area contributed by atoms with Crippen molar-refractivity contribution in [2.75, 3.05) is 19.5 Å². The first kappa shape index (κ1) is 17.8. The first-order valence-corrected chi connectivity index (χ1v) is 8.25. The van der Waals surface area contributed by atoms with Crippen LogP contribution in [-0.4, -0.2) is 29.5 Å². The average molecular weight is 372 g/mol. The number of aromatic nitrogens is 2. The molecule has 2 heterocycles. The van der Waals surface area contributed by atoms with Crippen molar-refractivity contribution in [2.24, 2.45) is 0 Å². The van der Waals surface area contributed by atoms with Gasteiger partial charge in [-0.15, -0.1) is 0 Å². The van der Waals surface area contributed by atoms with Crippen LogP contribution in [-0.2, 0) is 4.79 Å². The molecular formula is C19H18ClN3O3. The molecule has 3 rings (SSSR count). The largest absolute Gasteiger partial charge is 0.493 e. The van der Waals surface area contributed by atoms with Gasteiger partial charge in [0.1, 0.15) is 5.65 Å². The summed E-state index contributed by atoms with van der Waals surface area (Å²) in [6.07, 6.45) is 4.89. The third-order valence-corrected chi connectivity index (χ3v) is 4.18. The van der Waals surface area contributed by atoms with Gasteiger partial charge in [-0.3, -0.25) is 9.20 Å². The summed E-state index contributed by atoms with van der Waals surface area (Å²) in [6, 6.07) is 9.12. The van der Waals surface area contributed by atoms with Gasteiger partial charge in [0.05, 0.1) is 19.9 Å². The highest BCUT2D eigenvalue weighted by atomic mass is 35.5. The highest BCUT2D eigenvalue weighted by Crippen LogP contribution is 2.32. The number of anilines is 1. The minimum Gasteiger partial charge on any atom is -0.493 e. The van der Waals surface area contributed by atoms with Crippen molar-refractivity contribution < 1.29 is 14.3 Å². The standard InChI is InChI=1S/C19H18ClN3O3/c1-12-10-15(25-2)16(26-3)11-13(12)21-18(24)8-7-14-19(20)22-17-6-4-5-9-23(14)17/h4-11H,1-3H3,(H,21,24). The SMILES string of the molecule is COc1cc(C)c(NC(=O)C=Cc2c(Cl)nc3ccccn23)cc1OC. The number of nitrogens with zero attached hydrogens (tertiary/aromatic N) is 2. The Balaban J connectivity index is 1.83. The molecule has 1 N–H and O–H groups in total. The Kier molecular flexibility index (Phi) is 5.14. The molecule has 0 atom stereocenters. The van der Waals surface area contributed by atoms with Gasteiger partial charge in [0.2, 0.25) is 5.91 Å². The molecule has 7 heteroatoms. The fourth-order valence-corrected chi connectivity index (χ4v) is 2.82. The van der Waals surface area contributed by atoms with E-state index in [0.29, 0.717) is 33.7 Å². The summed E-state index contributed by atoms with van der Waals surface area (Å²) in [4.78, 5) is 16.6. The predicted molar refractivity (Wildman–Crippen MR) is 102 cm³/mol. The quantitative estimate of drug-likeness (QED) is 0.689. The molecule has 6 nitrogen and oxygen atoms in total. The van der Waals surface area contributed by atoms with E-state index in [1.54, 1.807) is 32.4 Å². The number of ether oxygens (including phenoxy) is 2. The number of hydrogen-bond donors (Lipinski definition) is 1. The van der Waals surface area contributed by atoms with Crippen LogP contribution in [0, 0.1) is 6.92 Å². The summed E-state index contributed by atoms with van der Waals surface area (Å²) in [5.74, 6) is 0.862. The monoisotopic (exact) mass is 371 g/mol. The zero-order valence-corrected chi connectivity index (χ0v) is 15.4. The van der Waals surface area contributed by atoms with Crippen LogP contribution >= 0.6 is 11.6 Å². The van der Waals surface area contributed by atoms with Crippen molar-refractivity contribution in [3.8, 4) is 11.5 Å². The van der Waals surface area contributed by atoms with Crippen LogP contribution in [0.2, 0.25) is 5.15 Å². The third kappa shape index (κ3) is 3.50. The van der Waals surface area contributed by atoms with E-state index in [1.807, 2.05) is 35.7 Å². The molecule has 3 aromatic rings. The summed E-state index contributed by atoms with van der Waals surface area (Å²) in [5.41, 5.74) is 2.86. The Hall–Kier alpha value is -2.99. The fourth-order valence-electron chi connectivity index (χ4n) is 2.58. The maximum Gasteiger partial charge on any atom is 0.248 e. The number of carbonyl (C=O) groups excluding carboxylic acids is 1. The molecule has 0 spiro atoms. The first-order chi connectivity index (χ1) is 12.5. The zero-order valence-electron chi connectivity index (χ0n) is 14.6. The van der Waals surface area contributed by atoms with Crippen molar-refractivity contribution in [1.29, 1.82) is 0 Å². The van der Waals surface area contributed by atoms with Gasteiger partial charge in [-0.1, -0.05) is 17.7 Å². The number of aryl methyl sites for hydroxylation is 1. The number of halogens is 1. The van der Waals surface area contributed by atoms with Gasteiger partial charge < -0.3 is 14.8 Å². The summed E-state index contributed by atoms with van der Waals surface area (Å²) >= 11 is 6.16. The molecule has 0 fully saturated rings. The fraction of sp³-hybridized carbons (Fsp3) is 0.158. The lowest BCUT2D eigenvalue weighted by molar-refractivity contribution is -0.111. The molecule has 1 aromatic carbocycles. The van der Waals surface area contributed by atoms with Crippen LogP contribution in [0.5, 0.6) is 11.5 Å². The number of pyridine rings is 1. The Morgan fingerprint density at radius 2 is 1.96 bits per heavy atom. The lowest BCUT2D eigenvalue weighted by Gasteiger charge is -2.12. The minimum absolute atomic E-state index is 0.290. The van der Waals surface area contributed by atoms with Crippen LogP contribution in [0.3, 0.4) is 0 Å². The molecule has 26 heavy (non-hydrogen) atoms. The lowest BCUT2D eigenvalue weighted by atomic mass is 10.1. The van der Waals surface area contributed by atoms with E-state index in [-0.39, 0.29) is 5.91 Å². The van der Waals surface area contributed by atoms with Crippen LogP contribution in [0.4, 0.5) is 5.69 Å². The molecule has 0 radical (unpaired) electrons. The number of fused-ring (bicyclic) bond motifs is 1. The van der Waals surface area contributed by atoms with E-state index >= 15 is 0 Å². The number of nitrogens with one attached hydrogen (secondary N) is 1. The molecule has 0 bridgehead atoms. The highest BCUT2D eigenvalue weighted by molar-refractivity contribution is 6.31. The lowest BCUT2D eigenvalue weighted by Crippen LogP contribution is -2.09. The number of amides is 1. The van der Waals surface area contributed by atoms with Gasteiger partial charge in [0, 0.05) is 24.0 Å². The molecule has 134 valence electrons. The molecule has 1 amide bonds. The molecule has 0 aliphatic heterocycles. The summed E-state index contributed by atoms with van der Waals surface area (Å²) in [5, 5.41) is 3.17. The maximum absolute atomic E-state index is 12.3. The predicted octanol–water partition coefficient (Wildman–Crippen LogP) is 3.97. The van der Waals surface area contributed by atoms with E-state index in [4.69, 9.17) is 21.1 Å². The van der Waals surface area contributed by atoms with Crippen molar-refractivity contribution >= 4 is 34.9 Å². The number of hydrogen-bond acceptors (Lipinski definition) is 4. The molecule has 0 unspecified atom stereocenters. The van der Waals surface area contributed by atoms with Crippen LogP contribution < -0.4 is 14.8 Å². The number of benzene rings is 1. The number of carbonyl (C=O) groups is 1. The smallest absolute Gasteiger partial charge is 0.248 e. The van der Waals surface area contributed by atoms with Gasteiger partial charge >= 0.3 is 0 Å². The van der Waals surface area contributed by atoms with Crippen LogP contribution in [0.15, 0.2) is 42.6 Å². The molecule has 0 aliphatic rings. The Morgan fingerprint density at radius 3 is 2.69 bits per heavy atom. The Labute approximate surface area is 156 Å². The number of rotatable bonds is 5. The van der Waals surface area contributed by atoms with Crippen molar-refractivity contribution in [3.63, 3.8) is 0 Å². The summed E-state index contributed by atoms with van der Waals surface area (Å²) in [7, 11) is 3.11. The second-order valence-electron chi connectivity index (χ2n) is 5.56. The van der Waals surface area contributed by atoms with E-state index in [0.717, 1.165) is 5.56 Å². The topological polar surface area (TPSA) is 64.9 Å². The number of imidazole rings is 1. The molecule has 0 aliphatic carbocycles. The third-order valence-electron chi connectivity index (χ3n) is 3.90. The van der Waals surface area contributed by atoms with Crippen LogP contribution in [0.25, 0.3) is 11.7 Å². The summed E-state index contributed by atoms with van der Waals surface area (Å²) in [6.45, 7) is 1.88. The van der Waals surface area contributed by atoms with E-state index in [2.05, 4.69) is 10.3 Å². The van der Waals surface area contributed by atoms with Gasteiger partial charge in [0.15, 0.2) is 16.7 Å². The van der Waals surface area contributed by atoms with Gasteiger partial charge in [-0.05, 0) is 36.8 Å². The van der Waals surface area contributed by atoms with Crippen LogP contribution in [0.1, 0.15) is 11.3 Å². The molecule has 2 aromatic heterocycles. The zero-order chi connectivity index (χ0) is 18.7. The second kappa shape index (κ2) is 7.49. The Bertz CT molecular complexity index is 995. The molecule has 0 saturated heterocycles. The Morgan fingerprint density at radius 1 is 1.23 bits per heavy atom. The van der Waals surface area contributed by atoms with E-state index in [9.17, 15) is 4.79 Å². The van der Waals surface area contributed by atoms with Crippen molar-refractivity contribution in [3.05, 3.63) is 59.0 Å². The average Bonchev–Trinajstić information content (AvgIpc) is 2.96. The van der Waals surface area contributed by atoms with Gasteiger partial charge in [-0.2, -0.15) is 0 Å². The van der Waals surface area contributed by atoms with E-state index < -0.39 is 0 Å². The molecule has 0 saturated carbocycles. The normalized spacial score (nSPS) is 11.1. The summed E-state index contributed by atoms with van der Waals surface area (Å²) < 4.78 is 12.3. The van der Waals surface area contributed by atoms with E-state index in [1.165, 1.54) is 6.08 Å².